The molecule has 3 rings (SSSR count). The van der Waals surface area contributed by atoms with Crippen LogP contribution < -0.4 is 5.32 Å². The van der Waals surface area contributed by atoms with Crippen LogP contribution in [0.5, 0.6) is 0 Å². The molecule has 1 saturated heterocycles. The number of halogens is 1. The van der Waals surface area contributed by atoms with Gasteiger partial charge in [0.2, 0.25) is 5.91 Å². The van der Waals surface area contributed by atoms with Crippen molar-refractivity contribution < 1.29 is 36.8 Å². The number of nitrogens with one attached hydrogen (secondary N) is 1. The van der Waals surface area contributed by atoms with Crippen LogP contribution in [0.1, 0.15) is 64.2 Å². The molecular weight excluding hydrogens is 580 g/mol. The number of carboxylic acids is 1. The second-order valence-corrected chi connectivity index (χ2v) is 12.1. The van der Waals surface area contributed by atoms with Crippen molar-refractivity contribution >= 4 is 44.0 Å². The maximum absolute atomic E-state index is 13.5. The van der Waals surface area contributed by atoms with E-state index in [1.165, 1.54) is 12.1 Å². The highest BCUT2D eigenvalue weighted by Gasteiger charge is 2.44. The lowest BCUT2D eigenvalue weighted by Gasteiger charge is -2.27. The zero-order valence-corrected chi connectivity index (χ0v) is 23.6. The van der Waals surface area contributed by atoms with Gasteiger partial charge in [-0.25, -0.2) is 9.59 Å². The lowest BCUT2D eigenvalue weighted by atomic mass is 10.1. The summed E-state index contributed by atoms with van der Waals surface area (Å²) in [4.78, 5) is 39.1. The van der Waals surface area contributed by atoms with Crippen molar-refractivity contribution in [2.75, 3.05) is 6.54 Å². The van der Waals surface area contributed by atoms with Crippen LogP contribution in [0.3, 0.4) is 0 Å². The fraction of sp³-hybridized carbons (Fsp3) is 0.577. The summed E-state index contributed by atoms with van der Waals surface area (Å²) in [6, 6.07) is 3.55. The number of carboxylic acid groups (broad SMARTS) is 1. The van der Waals surface area contributed by atoms with Gasteiger partial charge in [-0.2, -0.15) is 8.42 Å². The summed E-state index contributed by atoms with van der Waals surface area (Å²) in [6.45, 7) is 3.46. The Kier molecular flexibility index (Phi) is 11.2. The molecule has 0 radical (unpaired) electrons. The Morgan fingerprint density at radius 3 is 2.45 bits per heavy atom. The highest BCUT2D eigenvalue weighted by atomic mass is 79.9. The van der Waals surface area contributed by atoms with E-state index >= 15 is 0 Å². The van der Waals surface area contributed by atoms with Gasteiger partial charge in [0.15, 0.2) is 0 Å². The Morgan fingerprint density at radius 1 is 1.13 bits per heavy atom. The van der Waals surface area contributed by atoms with Gasteiger partial charge in [-0.1, -0.05) is 34.8 Å². The van der Waals surface area contributed by atoms with Crippen LogP contribution in [0, 0.1) is 0 Å². The standard InChI is InChI=1S/C26H35BrN2O8S/c1-2-3-4-5-6-11-22(28-26(33)36-19-9-7-8-10-19)24(30)29-17-20(16-23(29)25(31)32)37-38(34,35)21-14-12-18(27)13-15-21/h2,12-15,19-20,22-23H,1,3-11,16-17H2,(H,28,33)(H,31,32)/t20-,22-,23-/m0/s1. The monoisotopic (exact) mass is 614 g/mol. The molecule has 2 aliphatic rings. The number of amides is 2. The minimum absolute atomic E-state index is 0.0777. The quantitative estimate of drug-likeness (QED) is 0.189. The number of nitrogens with zero attached hydrogens (tertiary/aromatic N) is 1. The smallest absolute Gasteiger partial charge is 0.408 e. The second kappa shape index (κ2) is 14.1. The van der Waals surface area contributed by atoms with Crippen molar-refractivity contribution in [3.63, 3.8) is 0 Å². The highest BCUT2D eigenvalue weighted by molar-refractivity contribution is 9.10. The average molecular weight is 616 g/mol. The van der Waals surface area contributed by atoms with Gasteiger partial charge in [-0.3, -0.25) is 8.98 Å². The van der Waals surface area contributed by atoms with E-state index in [1.807, 2.05) is 6.08 Å². The minimum Gasteiger partial charge on any atom is -0.480 e. The summed E-state index contributed by atoms with van der Waals surface area (Å²) in [6.07, 6.45) is 6.57. The maximum Gasteiger partial charge on any atom is 0.408 e. The van der Waals surface area contributed by atoms with Gasteiger partial charge in [-0.15, -0.1) is 6.58 Å². The van der Waals surface area contributed by atoms with Gasteiger partial charge in [0.1, 0.15) is 18.2 Å². The Hall–Kier alpha value is -2.44. The largest absolute Gasteiger partial charge is 0.480 e. The second-order valence-electron chi connectivity index (χ2n) is 9.64. The average Bonchev–Trinajstić information content (AvgIpc) is 3.53. The molecule has 0 unspecified atom stereocenters. The molecule has 0 bridgehead atoms. The Labute approximate surface area is 232 Å². The fourth-order valence-corrected chi connectivity index (χ4v) is 6.13. The molecule has 12 heteroatoms. The van der Waals surface area contributed by atoms with E-state index in [1.54, 1.807) is 12.1 Å². The number of allylic oxidation sites excluding steroid dienone is 1. The third kappa shape index (κ3) is 8.54. The number of alkyl carbamates (subject to hydrolysis) is 1. The fourth-order valence-electron chi connectivity index (χ4n) is 4.79. The summed E-state index contributed by atoms with van der Waals surface area (Å²) in [7, 11) is -4.18. The normalized spacial score (nSPS) is 20.7. The zero-order chi connectivity index (χ0) is 27.7. The molecule has 0 aromatic heterocycles. The number of carbonyl (C=O) groups is 3. The molecule has 38 heavy (non-hydrogen) atoms. The molecule has 1 aromatic rings. The van der Waals surface area contributed by atoms with Crippen LogP contribution in [0.15, 0.2) is 46.3 Å². The number of hydrogen-bond acceptors (Lipinski definition) is 7. The summed E-state index contributed by atoms with van der Waals surface area (Å²) >= 11 is 3.24. The number of likely N-dealkylation sites (tertiary alicyclic amines) is 1. The van der Waals surface area contributed by atoms with E-state index in [2.05, 4.69) is 27.8 Å². The van der Waals surface area contributed by atoms with Crippen molar-refractivity contribution in [1.82, 2.24) is 10.2 Å². The Bertz CT molecular complexity index is 1090. The molecule has 10 nitrogen and oxygen atoms in total. The van der Waals surface area contributed by atoms with E-state index in [0.717, 1.165) is 49.8 Å². The third-order valence-corrected chi connectivity index (χ3v) is 8.67. The predicted molar refractivity (Wildman–Crippen MR) is 143 cm³/mol. The lowest BCUT2D eigenvalue weighted by molar-refractivity contribution is -0.149. The van der Waals surface area contributed by atoms with E-state index < -0.39 is 46.3 Å². The number of benzene rings is 1. The Morgan fingerprint density at radius 2 is 1.82 bits per heavy atom. The van der Waals surface area contributed by atoms with Gasteiger partial charge in [0.25, 0.3) is 10.1 Å². The number of carbonyl (C=O) groups excluding carboxylic acids is 2. The van der Waals surface area contributed by atoms with Crippen molar-refractivity contribution in [3.8, 4) is 0 Å². The van der Waals surface area contributed by atoms with Crippen LogP contribution in [-0.2, 0) is 28.6 Å². The lowest BCUT2D eigenvalue weighted by Crippen LogP contribution is -2.52. The molecule has 2 N–H and O–H groups in total. The molecule has 1 aliphatic carbocycles. The number of hydrogen-bond donors (Lipinski definition) is 2. The molecule has 0 spiro atoms. The summed E-state index contributed by atoms with van der Waals surface area (Å²) in [5, 5.41) is 12.4. The first-order valence-corrected chi connectivity index (χ1v) is 15.1. The van der Waals surface area contributed by atoms with E-state index in [-0.39, 0.29) is 24.0 Å². The molecule has 2 fully saturated rings. The first kappa shape index (κ1) is 30.1. The Balaban J connectivity index is 1.71. The molecule has 210 valence electrons. The molecule has 1 heterocycles. The molecule has 1 aromatic carbocycles. The van der Waals surface area contributed by atoms with E-state index in [0.29, 0.717) is 17.3 Å². The van der Waals surface area contributed by atoms with Crippen LogP contribution in [-0.4, -0.2) is 67.2 Å². The van der Waals surface area contributed by atoms with Crippen LogP contribution >= 0.6 is 15.9 Å². The van der Waals surface area contributed by atoms with Gasteiger partial charge < -0.3 is 20.1 Å². The van der Waals surface area contributed by atoms with Crippen LogP contribution in [0.4, 0.5) is 4.79 Å². The maximum atomic E-state index is 13.5. The van der Waals surface area contributed by atoms with Crippen molar-refractivity contribution in [3.05, 3.63) is 41.4 Å². The van der Waals surface area contributed by atoms with Gasteiger partial charge in [0, 0.05) is 17.4 Å². The van der Waals surface area contributed by atoms with E-state index in [9.17, 15) is 27.9 Å². The molecule has 2 amide bonds. The van der Waals surface area contributed by atoms with Gasteiger partial charge >= 0.3 is 12.1 Å². The summed E-state index contributed by atoms with van der Waals surface area (Å²) in [5.41, 5.74) is 0. The topological polar surface area (TPSA) is 139 Å². The molecule has 1 aliphatic heterocycles. The summed E-state index contributed by atoms with van der Waals surface area (Å²) in [5.74, 6) is -1.87. The number of aliphatic carboxylic acids is 1. The molecular formula is C26H35BrN2O8S. The molecule has 3 atom stereocenters. The number of unbranched alkanes of at least 4 members (excludes halogenated alkanes) is 3. The van der Waals surface area contributed by atoms with Gasteiger partial charge in [0.05, 0.1) is 11.0 Å². The molecule has 1 saturated carbocycles. The SMILES string of the molecule is C=CCCCCC[C@H](NC(=O)OC1CCCC1)C(=O)N1C[C@@H](OS(=O)(=O)c2ccc(Br)cc2)C[C@H]1C(=O)O. The van der Waals surface area contributed by atoms with E-state index in [4.69, 9.17) is 8.92 Å². The van der Waals surface area contributed by atoms with Crippen LogP contribution in [0.25, 0.3) is 0 Å². The van der Waals surface area contributed by atoms with Crippen molar-refractivity contribution in [2.45, 2.75) is 93.4 Å². The predicted octanol–water partition coefficient (Wildman–Crippen LogP) is 4.38. The number of ether oxygens (including phenoxy) is 1. The third-order valence-electron chi connectivity index (χ3n) is 6.76. The highest BCUT2D eigenvalue weighted by Crippen LogP contribution is 2.27. The zero-order valence-electron chi connectivity index (χ0n) is 21.2. The van der Waals surface area contributed by atoms with Crippen molar-refractivity contribution in [2.24, 2.45) is 0 Å². The van der Waals surface area contributed by atoms with Crippen molar-refractivity contribution in [1.29, 1.82) is 0 Å². The van der Waals surface area contributed by atoms with Crippen LogP contribution in [0.2, 0.25) is 0 Å². The minimum atomic E-state index is -4.18. The van der Waals surface area contributed by atoms with Gasteiger partial charge in [-0.05, 0) is 69.2 Å². The first-order chi connectivity index (χ1) is 18.1. The first-order valence-electron chi connectivity index (χ1n) is 12.9. The summed E-state index contributed by atoms with van der Waals surface area (Å²) < 4.78 is 37.0. The number of rotatable bonds is 13.